The third-order valence-electron chi connectivity index (χ3n) is 0.707. The molecule has 0 saturated carbocycles. The van der Waals surface area contributed by atoms with Crippen LogP contribution < -0.4 is 0 Å². The van der Waals surface area contributed by atoms with E-state index in [-0.39, 0.29) is 0 Å². The van der Waals surface area contributed by atoms with Crippen molar-refractivity contribution in [2.75, 3.05) is 21.1 Å². The van der Waals surface area contributed by atoms with Gasteiger partial charge in [-0.2, -0.15) is 0 Å². The summed E-state index contributed by atoms with van der Waals surface area (Å²) in [6.07, 6.45) is 2.86. The molecule has 0 aromatic heterocycles. The van der Waals surface area contributed by atoms with Gasteiger partial charge in [0, 0.05) is 0 Å². The molecule has 0 unspecified atom stereocenters. The van der Waals surface area contributed by atoms with Gasteiger partial charge in [0.1, 0.15) is 0 Å². The molecule has 0 bridgehead atoms. The van der Waals surface area contributed by atoms with Crippen LogP contribution in [0.2, 0.25) is 5.25 Å². The number of unbranched alkanes of at least 4 members (excludes halogenated alkanes) is 1. The van der Waals surface area contributed by atoms with Crippen molar-refractivity contribution in [3.8, 4) is 0 Å². The zero-order valence-electron chi connectivity index (χ0n) is 7.57. The third kappa shape index (κ3) is 57.4. The van der Waals surface area contributed by atoms with Crippen LogP contribution in [0.5, 0.6) is 0 Å². The Morgan fingerprint density at radius 3 is 1.56 bits per heavy atom. The van der Waals surface area contributed by atoms with Gasteiger partial charge in [-0.15, -0.1) is 0 Å². The summed E-state index contributed by atoms with van der Waals surface area (Å²) in [4.78, 5) is 2.00. The monoisotopic (exact) mass is 193 g/mol. The SMILES string of the molecule is CCC[CH2][GeH3].CN(C)C. The second-order valence-electron chi connectivity index (χ2n) is 2.70. The fraction of sp³-hybridized carbons (Fsp3) is 1.00. The van der Waals surface area contributed by atoms with Gasteiger partial charge in [0.05, 0.1) is 0 Å². The normalized spacial score (nSPS) is 9.00. The molecule has 0 N–H and O–H groups in total. The summed E-state index contributed by atoms with van der Waals surface area (Å²) in [5.74, 6) is 0. The van der Waals surface area contributed by atoms with Crippen LogP contribution >= 0.6 is 0 Å². The standard InChI is InChI=1S/C4H12Ge.C3H9N/c1-2-3-4-5;1-4(2)3/h2-4H2,1,5H3;1-3H3. The molecule has 0 aromatic carbocycles. The van der Waals surface area contributed by atoms with Crippen LogP contribution in [-0.2, 0) is 0 Å². The quantitative estimate of drug-likeness (QED) is 0.583. The van der Waals surface area contributed by atoms with E-state index < -0.39 is 0 Å². The Balaban J connectivity index is 0. The van der Waals surface area contributed by atoms with E-state index in [1.165, 1.54) is 18.1 Å². The largest absolute Gasteiger partial charge is 0.312 e. The molecule has 0 atom stereocenters. The number of hydrogen-bond donors (Lipinski definition) is 0. The summed E-state index contributed by atoms with van der Waals surface area (Å²) >= 11 is 1.11. The number of rotatable bonds is 2. The summed E-state index contributed by atoms with van der Waals surface area (Å²) in [5.41, 5.74) is 0. The van der Waals surface area contributed by atoms with E-state index >= 15 is 0 Å². The first kappa shape index (κ1) is 12.2. The van der Waals surface area contributed by atoms with Gasteiger partial charge in [0.2, 0.25) is 0 Å². The molecule has 0 aliphatic heterocycles. The molecule has 1 nitrogen and oxygen atoms in total. The Kier molecular flexibility index (Phi) is 15.3. The summed E-state index contributed by atoms with van der Waals surface area (Å²) in [6, 6.07) is 0. The molecular formula is C7H21GeN. The van der Waals surface area contributed by atoms with Crippen LogP contribution in [0.15, 0.2) is 0 Å². The molecule has 0 aromatic rings. The molecule has 0 amide bonds. The molecule has 2 heteroatoms. The molecule has 0 rings (SSSR count). The van der Waals surface area contributed by atoms with Crippen molar-refractivity contribution in [2.24, 2.45) is 0 Å². The molecule has 0 spiro atoms. The molecule has 0 saturated heterocycles. The van der Waals surface area contributed by atoms with E-state index in [0.29, 0.717) is 0 Å². The van der Waals surface area contributed by atoms with Crippen LogP contribution in [0.1, 0.15) is 19.8 Å². The fourth-order valence-electron chi connectivity index (χ4n) is 0.354. The second kappa shape index (κ2) is 11.3. The van der Waals surface area contributed by atoms with Gasteiger partial charge in [-0.3, -0.25) is 0 Å². The minimum Gasteiger partial charge on any atom is -0.312 e. The van der Waals surface area contributed by atoms with Gasteiger partial charge in [-0.1, -0.05) is 0 Å². The van der Waals surface area contributed by atoms with Crippen molar-refractivity contribution in [3.63, 3.8) is 0 Å². The van der Waals surface area contributed by atoms with Gasteiger partial charge in [-0.05, 0) is 21.1 Å². The topological polar surface area (TPSA) is 3.24 Å². The van der Waals surface area contributed by atoms with Crippen molar-refractivity contribution in [3.05, 3.63) is 0 Å². The van der Waals surface area contributed by atoms with Gasteiger partial charge in [-0.25, -0.2) is 0 Å². The van der Waals surface area contributed by atoms with Crippen molar-refractivity contribution in [1.82, 2.24) is 4.90 Å². The maximum atomic E-state index is 2.24. The average molecular weight is 192 g/mol. The average Bonchev–Trinajstić information content (AvgIpc) is 1.66. The van der Waals surface area contributed by atoms with E-state index in [9.17, 15) is 0 Å². The Hall–Kier alpha value is 0.503. The zero-order valence-corrected chi connectivity index (χ0v) is 11.8. The predicted octanol–water partition coefficient (Wildman–Crippen LogP) is 0.748. The van der Waals surface area contributed by atoms with E-state index in [0.717, 1.165) is 16.5 Å². The minimum absolute atomic E-state index is 1.11. The van der Waals surface area contributed by atoms with Crippen LogP contribution in [0.25, 0.3) is 0 Å². The molecule has 0 aliphatic rings. The van der Waals surface area contributed by atoms with E-state index in [4.69, 9.17) is 0 Å². The molecule has 9 heavy (non-hydrogen) atoms. The Bertz CT molecular complexity index is 33.1. The molecule has 58 valence electrons. The van der Waals surface area contributed by atoms with E-state index in [1.807, 2.05) is 26.0 Å². The van der Waals surface area contributed by atoms with Crippen LogP contribution in [0.4, 0.5) is 0 Å². The molecule has 0 aliphatic carbocycles. The maximum absolute atomic E-state index is 2.24. The maximum Gasteiger partial charge on any atom is -0.0140 e. The first-order valence-electron chi connectivity index (χ1n) is 3.76. The first-order valence-corrected chi connectivity index (χ1v) is 6.72. The van der Waals surface area contributed by atoms with Crippen LogP contribution in [0.3, 0.4) is 0 Å². The van der Waals surface area contributed by atoms with Crippen molar-refractivity contribution in [1.29, 1.82) is 0 Å². The van der Waals surface area contributed by atoms with Crippen molar-refractivity contribution < 1.29 is 0 Å². The van der Waals surface area contributed by atoms with Crippen molar-refractivity contribution in [2.45, 2.75) is 25.0 Å². The number of hydrogen-bond acceptors (Lipinski definition) is 1. The fourth-order valence-corrected chi connectivity index (χ4v) is 1.84. The third-order valence-corrected chi connectivity index (χ3v) is 2.19. The van der Waals surface area contributed by atoms with Gasteiger partial charge in [0.25, 0.3) is 0 Å². The van der Waals surface area contributed by atoms with Gasteiger partial charge < -0.3 is 4.90 Å². The Morgan fingerprint density at radius 1 is 1.22 bits per heavy atom. The molecule has 0 radical (unpaired) electrons. The van der Waals surface area contributed by atoms with Crippen molar-refractivity contribution >= 4 is 16.5 Å². The summed E-state index contributed by atoms with van der Waals surface area (Å²) < 4.78 is 0. The molecule has 0 heterocycles. The van der Waals surface area contributed by atoms with Gasteiger partial charge >= 0.3 is 41.5 Å². The van der Waals surface area contributed by atoms with E-state index in [2.05, 4.69) is 6.92 Å². The van der Waals surface area contributed by atoms with Gasteiger partial charge in [0.15, 0.2) is 0 Å². The zero-order chi connectivity index (χ0) is 7.70. The van der Waals surface area contributed by atoms with Crippen LogP contribution in [-0.4, -0.2) is 42.6 Å². The summed E-state index contributed by atoms with van der Waals surface area (Å²) in [7, 11) is 6.00. The minimum atomic E-state index is 1.11. The smallest absolute Gasteiger partial charge is 0.0140 e. The number of nitrogens with zero attached hydrogens (tertiary/aromatic N) is 1. The van der Waals surface area contributed by atoms with Crippen LogP contribution in [0, 0.1) is 0 Å². The molecule has 0 fully saturated rings. The predicted molar refractivity (Wildman–Crippen MR) is 49.3 cm³/mol. The Morgan fingerprint density at radius 2 is 1.56 bits per heavy atom. The second-order valence-corrected chi connectivity index (χ2v) is 4.79. The Labute approximate surface area is 68.0 Å². The van der Waals surface area contributed by atoms with E-state index in [1.54, 1.807) is 0 Å². The summed E-state index contributed by atoms with van der Waals surface area (Å²) in [6.45, 7) is 2.24. The first-order chi connectivity index (χ1) is 4.15. The summed E-state index contributed by atoms with van der Waals surface area (Å²) in [5, 5.41) is 1.53. The molecular weight excluding hydrogens is 171 g/mol.